The van der Waals surface area contributed by atoms with E-state index in [1.807, 2.05) is 54.6 Å². The smallest absolute Gasteiger partial charge is 0.276 e. The van der Waals surface area contributed by atoms with Gasteiger partial charge in [0.25, 0.3) is 5.56 Å². The molecule has 0 atom stereocenters. The first-order chi connectivity index (χ1) is 14.1. The molecule has 0 radical (unpaired) electrons. The molecule has 7 heteroatoms. The van der Waals surface area contributed by atoms with Gasteiger partial charge in [-0.3, -0.25) is 14.2 Å². The van der Waals surface area contributed by atoms with Crippen LogP contribution >= 0.6 is 23.1 Å². The van der Waals surface area contributed by atoms with Crippen molar-refractivity contribution in [3.63, 3.8) is 0 Å². The molecule has 1 aliphatic carbocycles. The van der Waals surface area contributed by atoms with Gasteiger partial charge in [0.15, 0.2) is 5.16 Å². The molecular weight excluding hydrogens is 402 g/mol. The van der Waals surface area contributed by atoms with Crippen molar-refractivity contribution >= 4 is 39.2 Å². The molecule has 1 saturated carbocycles. The van der Waals surface area contributed by atoms with Gasteiger partial charge in [0.1, 0.15) is 4.70 Å². The number of benzene rings is 1. The molecule has 152 valence electrons. The third-order valence-corrected chi connectivity index (χ3v) is 7.46. The highest BCUT2D eigenvalue weighted by molar-refractivity contribution is 7.99. The van der Waals surface area contributed by atoms with Crippen LogP contribution in [-0.4, -0.2) is 39.2 Å². The molecule has 1 aliphatic rings. The van der Waals surface area contributed by atoms with E-state index < -0.39 is 0 Å². The van der Waals surface area contributed by atoms with Crippen LogP contribution in [-0.2, 0) is 4.79 Å². The fourth-order valence-corrected chi connectivity index (χ4v) is 5.60. The SMILES string of the molecule is Cc1ccccc1-n1c(SCC(=O)N(C)C2CCCCC2)nc2ccsc2c1=O. The van der Waals surface area contributed by atoms with Crippen molar-refractivity contribution in [2.75, 3.05) is 12.8 Å². The largest absolute Gasteiger partial charge is 0.342 e. The summed E-state index contributed by atoms with van der Waals surface area (Å²) in [6.07, 6.45) is 5.82. The third-order valence-electron chi connectivity index (χ3n) is 5.65. The molecule has 1 fully saturated rings. The van der Waals surface area contributed by atoms with Crippen molar-refractivity contribution in [1.82, 2.24) is 14.5 Å². The number of thiophene rings is 1. The topological polar surface area (TPSA) is 55.2 Å². The average molecular weight is 428 g/mol. The normalized spacial score (nSPS) is 15.0. The van der Waals surface area contributed by atoms with Gasteiger partial charge in [-0.1, -0.05) is 49.2 Å². The van der Waals surface area contributed by atoms with Crippen molar-refractivity contribution in [2.24, 2.45) is 0 Å². The lowest BCUT2D eigenvalue weighted by atomic mass is 9.94. The van der Waals surface area contributed by atoms with Crippen LogP contribution in [0.3, 0.4) is 0 Å². The van der Waals surface area contributed by atoms with E-state index in [0.717, 1.165) is 24.1 Å². The Morgan fingerprint density at radius 2 is 2.00 bits per heavy atom. The number of amides is 1. The summed E-state index contributed by atoms with van der Waals surface area (Å²) in [7, 11) is 1.91. The molecular formula is C22H25N3O2S2. The lowest BCUT2D eigenvalue weighted by Crippen LogP contribution is -2.39. The van der Waals surface area contributed by atoms with Crippen LogP contribution in [0.25, 0.3) is 15.9 Å². The molecule has 0 spiro atoms. The van der Waals surface area contributed by atoms with Crippen LogP contribution in [0.15, 0.2) is 45.7 Å². The molecule has 0 aliphatic heterocycles. The van der Waals surface area contributed by atoms with Crippen LogP contribution in [0.5, 0.6) is 0 Å². The van der Waals surface area contributed by atoms with Gasteiger partial charge in [-0.2, -0.15) is 0 Å². The number of hydrogen-bond donors (Lipinski definition) is 0. The van der Waals surface area contributed by atoms with E-state index in [0.29, 0.717) is 21.4 Å². The summed E-state index contributed by atoms with van der Waals surface area (Å²) in [6, 6.07) is 9.99. The zero-order chi connectivity index (χ0) is 20.4. The number of thioether (sulfide) groups is 1. The van der Waals surface area contributed by atoms with Crippen LogP contribution < -0.4 is 5.56 Å². The molecule has 2 aromatic heterocycles. The molecule has 4 rings (SSSR count). The van der Waals surface area contributed by atoms with E-state index in [-0.39, 0.29) is 17.2 Å². The average Bonchev–Trinajstić information content (AvgIpc) is 3.22. The molecule has 5 nitrogen and oxygen atoms in total. The molecule has 2 heterocycles. The van der Waals surface area contributed by atoms with Crippen LogP contribution in [0.2, 0.25) is 0 Å². The third kappa shape index (κ3) is 4.12. The van der Waals surface area contributed by atoms with Gasteiger partial charge in [0, 0.05) is 13.1 Å². The first-order valence-corrected chi connectivity index (χ1v) is 11.9. The van der Waals surface area contributed by atoms with Gasteiger partial charge in [-0.25, -0.2) is 4.98 Å². The predicted octanol–water partition coefficient (Wildman–Crippen LogP) is 4.64. The fourth-order valence-electron chi connectivity index (χ4n) is 3.92. The summed E-state index contributed by atoms with van der Waals surface area (Å²) >= 11 is 2.75. The Hall–Kier alpha value is -2.12. The maximum atomic E-state index is 13.2. The molecule has 0 unspecified atom stereocenters. The lowest BCUT2D eigenvalue weighted by Gasteiger charge is -2.31. The summed E-state index contributed by atoms with van der Waals surface area (Å²) in [5, 5.41) is 2.46. The molecule has 3 aromatic rings. The number of rotatable bonds is 5. The van der Waals surface area contributed by atoms with Gasteiger partial charge in [0.2, 0.25) is 5.91 Å². The Labute approximate surface area is 178 Å². The number of nitrogens with zero attached hydrogens (tertiary/aromatic N) is 3. The summed E-state index contributed by atoms with van der Waals surface area (Å²) < 4.78 is 2.30. The molecule has 29 heavy (non-hydrogen) atoms. The summed E-state index contributed by atoms with van der Waals surface area (Å²) in [5.41, 5.74) is 2.44. The van der Waals surface area contributed by atoms with Crippen molar-refractivity contribution in [3.8, 4) is 5.69 Å². The zero-order valence-electron chi connectivity index (χ0n) is 16.8. The van der Waals surface area contributed by atoms with Crippen LogP contribution in [0, 0.1) is 6.92 Å². The summed E-state index contributed by atoms with van der Waals surface area (Å²) in [4.78, 5) is 32.7. The second-order valence-electron chi connectivity index (χ2n) is 7.54. The van der Waals surface area contributed by atoms with Crippen molar-refractivity contribution in [1.29, 1.82) is 0 Å². The summed E-state index contributed by atoms with van der Waals surface area (Å²) in [6.45, 7) is 1.98. The Morgan fingerprint density at radius 1 is 1.24 bits per heavy atom. The second kappa shape index (κ2) is 8.71. The van der Waals surface area contributed by atoms with E-state index >= 15 is 0 Å². The van der Waals surface area contributed by atoms with Gasteiger partial charge >= 0.3 is 0 Å². The van der Waals surface area contributed by atoms with Crippen molar-refractivity contribution in [3.05, 3.63) is 51.6 Å². The van der Waals surface area contributed by atoms with E-state index in [1.165, 1.54) is 42.4 Å². The highest BCUT2D eigenvalue weighted by Crippen LogP contribution is 2.26. The maximum absolute atomic E-state index is 13.2. The van der Waals surface area contributed by atoms with E-state index in [4.69, 9.17) is 4.98 Å². The number of aromatic nitrogens is 2. The highest BCUT2D eigenvalue weighted by atomic mass is 32.2. The molecule has 1 amide bonds. The predicted molar refractivity (Wildman–Crippen MR) is 120 cm³/mol. The van der Waals surface area contributed by atoms with Gasteiger partial charge < -0.3 is 4.90 Å². The van der Waals surface area contributed by atoms with Gasteiger partial charge in [0.05, 0.1) is 17.0 Å². The van der Waals surface area contributed by atoms with Gasteiger partial charge in [-0.05, 0) is 42.8 Å². The minimum absolute atomic E-state index is 0.0742. The monoisotopic (exact) mass is 427 g/mol. The zero-order valence-corrected chi connectivity index (χ0v) is 18.4. The van der Waals surface area contributed by atoms with E-state index in [1.54, 1.807) is 4.57 Å². The van der Waals surface area contributed by atoms with Gasteiger partial charge in [-0.15, -0.1) is 11.3 Å². The number of aryl methyl sites for hydroxylation is 1. The van der Waals surface area contributed by atoms with Crippen molar-refractivity contribution < 1.29 is 4.79 Å². The second-order valence-corrected chi connectivity index (χ2v) is 9.40. The van der Waals surface area contributed by atoms with E-state index in [9.17, 15) is 9.59 Å². The minimum Gasteiger partial charge on any atom is -0.342 e. The maximum Gasteiger partial charge on any atom is 0.276 e. The number of fused-ring (bicyclic) bond motifs is 1. The standard InChI is InChI=1S/C22H25N3O2S2/c1-15-8-6-7-11-18(15)25-21(27)20-17(12-13-28-20)23-22(25)29-14-19(26)24(2)16-9-4-3-5-10-16/h6-8,11-13,16H,3-5,9-10,14H2,1-2H3. The highest BCUT2D eigenvalue weighted by Gasteiger charge is 2.23. The molecule has 0 saturated heterocycles. The van der Waals surface area contributed by atoms with E-state index in [2.05, 4.69) is 0 Å². The first-order valence-electron chi connectivity index (χ1n) is 10.0. The number of carbonyl (C=O) groups excluding carboxylic acids is 1. The van der Waals surface area contributed by atoms with Crippen LogP contribution in [0.4, 0.5) is 0 Å². The Balaban J connectivity index is 1.64. The first kappa shape index (κ1) is 20.2. The molecule has 1 aromatic carbocycles. The molecule has 0 bridgehead atoms. The van der Waals surface area contributed by atoms with Crippen LogP contribution in [0.1, 0.15) is 37.7 Å². The Kier molecular flexibility index (Phi) is 6.06. The number of hydrogen-bond acceptors (Lipinski definition) is 5. The van der Waals surface area contributed by atoms with Crippen molar-refractivity contribution in [2.45, 2.75) is 50.2 Å². The number of carbonyl (C=O) groups is 1. The quantitative estimate of drug-likeness (QED) is 0.440. The number of para-hydroxylation sites is 1. The fraction of sp³-hybridized carbons (Fsp3) is 0.409. The summed E-state index contributed by atoms with van der Waals surface area (Å²) in [5.74, 6) is 0.374. The molecule has 0 N–H and O–H groups in total. The Bertz CT molecular complexity index is 1080. The minimum atomic E-state index is -0.0742. The Morgan fingerprint density at radius 3 is 2.76 bits per heavy atom. The lowest BCUT2D eigenvalue weighted by molar-refractivity contribution is -0.129.